The van der Waals surface area contributed by atoms with E-state index in [1.165, 1.54) is 12.8 Å². The highest BCUT2D eigenvalue weighted by molar-refractivity contribution is 5.78. The van der Waals surface area contributed by atoms with Gasteiger partial charge in [-0.2, -0.15) is 0 Å². The maximum absolute atomic E-state index is 12.6. The molecule has 2 aliphatic rings. The minimum Gasteiger partial charge on any atom is -0.388 e. The Hall–Kier alpha value is -1.47. The Bertz CT molecular complexity index is 551. The Labute approximate surface area is 143 Å². The Balaban J connectivity index is 1.58. The number of piperidine rings is 1. The van der Waals surface area contributed by atoms with Gasteiger partial charge in [-0.25, -0.2) is 0 Å². The molecule has 134 valence electrons. The van der Waals surface area contributed by atoms with E-state index in [9.17, 15) is 9.90 Å². The van der Waals surface area contributed by atoms with Crippen molar-refractivity contribution < 1.29 is 9.90 Å². The predicted molar refractivity (Wildman–Crippen MR) is 90.4 cm³/mol. The molecule has 0 aliphatic carbocycles. The van der Waals surface area contributed by atoms with Crippen molar-refractivity contribution in [2.75, 3.05) is 32.7 Å². The van der Waals surface area contributed by atoms with Gasteiger partial charge in [0.2, 0.25) is 5.91 Å². The van der Waals surface area contributed by atoms with Crippen LogP contribution in [0.1, 0.15) is 56.1 Å². The van der Waals surface area contributed by atoms with Crippen molar-refractivity contribution in [1.29, 1.82) is 0 Å². The van der Waals surface area contributed by atoms with Crippen LogP contribution >= 0.6 is 0 Å². The average Bonchev–Trinajstić information content (AvgIpc) is 2.79. The summed E-state index contributed by atoms with van der Waals surface area (Å²) in [4.78, 5) is 16.9. The lowest BCUT2D eigenvalue weighted by Gasteiger charge is -2.33. The molecule has 7 nitrogen and oxygen atoms in total. The molecule has 0 radical (unpaired) electrons. The highest BCUT2D eigenvalue weighted by Gasteiger charge is 2.28. The van der Waals surface area contributed by atoms with E-state index in [0.717, 1.165) is 57.7 Å². The minimum absolute atomic E-state index is 0.0899. The quantitative estimate of drug-likeness (QED) is 0.884. The topological polar surface area (TPSA) is 74.5 Å². The summed E-state index contributed by atoms with van der Waals surface area (Å²) in [5.74, 6) is 2.08. The van der Waals surface area contributed by atoms with E-state index in [0.29, 0.717) is 12.4 Å². The van der Waals surface area contributed by atoms with E-state index in [2.05, 4.69) is 15.1 Å². The number of aliphatic hydroxyl groups excluding tert-OH is 1. The molecule has 7 heteroatoms. The molecule has 0 saturated carbocycles. The second-order valence-electron chi connectivity index (χ2n) is 7.06. The van der Waals surface area contributed by atoms with Gasteiger partial charge in [0.15, 0.2) is 5.82 Å². The van der Waals surface area contributed by atoms with Crippen LogP contribution in [-0.2, 0) is 18.4 Å². The van der Waals surface area contributed by atoms with Gasteiger partial charge in [-0.05, 0) is 32.2 Å². The molecule has 1 aromatic rings. The minimum atomic E-state index is -0.0899. The van der Waals surface area contributed by atoms with Gasteiger partial charge >= 0.3 is 0 Å². The van der Waals surface area contributed by atoms with Gasteiger partial charge in [0.1, 0.15) is 12.4 Å². The van der Waals surface area contributed by atoms with E-state index in [1.807, 2.05) is 16.5 Å². The number of carbonyl (C=O) groups excluding carboxylic acids is 1. The molecule has 1 N–H and O–H groups in total. The second kappa shape index (κ2) is 8.07. The summed E-state index contributed by atoms with van der Waals surface area (Å²) in [6, 6.07) is 0. The van der Waals surface area contributed by atoms with Gasteiger partial charge in [-0.15, -0.1) is 10.2 Å². The molecule has 2 saturated heterocycles. The largest absolute Gasteiger partial charge is 0.388 e. The van der Waals surface area contributed by atoms with Gasteiger partial charge in [0.25, 0.3) is 0 Å². The molecule has 24 heavy (non-hydrogen) atoms. The van der Waals surface area contributed by atoms with Crippen LogP contribution in [0.3, 0.4) is 0 Å². The smallest absolute Gasteiger partial charge is 0.236 e. The number of aromatic nitrogens is 3. The highest BCUT2D eigenvalue weighted by Crippen LogP contribution is 2.25. The van der Waals surface area contributed by atoms with Crippen LogP contribution in [0.4, 0.5) is 0 Å². The first-order valence-electron chi connectivity index (χ1n) is 9.18. The molecular weight excluding hydrogens is 306 g/mol. The molecule has 3 rings (SSSR count). The van der Waals surface area contributed by atoms with Crippen molar-refractivity contribution >= 4 is 5.91 Å². The SMILES string of the molecule is Cn1c(CO)nnc1C1CCCN(CC(=O)N2CCCCCC2)C1. The lowest BCUT2D eigenvalue weighted by Crippen LogP contribution is -2.44. The van der Waals surface area contributed by atoms with E-state index in [-0.39, 0.29) is 18.4 Å². The molecule has 1 atom stereocenters. The lowest BCUT2D eigenvalue weighted by molar-refractivity contribution is -0.132. The van der Waals surface area contributed by atoms with Crippen LogP contribution in [-0.4, -0.2) is 68.3 Å². The fourth-order valence-electron chi connectivity index (χ4n) is 3.89. The Kier molecular flexibility index (Phi) is 5.84. The summed E-state index contributed by atoms with van der Waals surface area (Å²) in [5, 5.41) is 17.6. The van der Waals surface area contributed by atoms with Crippen molar-refractivity contribution in [2.45, 2.75) is 51.0 Å². The molecule has 2 fully saturated rings. The Morgan fingerprint density at radius 3 is 2.54 bits per heavy atom. The zero-order chi connectivity index (χ0) is 16.9. The average molecular weight is 335 g/mol. The molecule has 2 aliphatic heterocycles. The van der Waals surface area contributed by atoms with Crippen LogP contribution in [0.25, 0.3) is 0 Å². The van der Waals surface area contributed by atoms with Gasteiger partial charge < -0.3 is 14.6 Å². The first kappa shape index (κ1) is 17.4. The maximum Gasteiger partial charge on any atom is 0.236 e. The number of amides is 1. The fraction of sp³-hybridized carbons (Fsp3) is 0.824. The zero-order valence-corrected chi connectivity index (χ0v) is 14.7. The predicted octanol–water partition coefficient (Wildman–Crippen LogP) is 0.889. The monoisotopic (exact) mass is 335 g/mol. The summed E-state index contributed by atoms with van der Waals surface area (Å²) in [7, 11) is 1.90. The Morgan fingerprint density at radius 1 is 1.12 bits per heavy atom. The van der Waals surface area contributed by atoms with Gasteiger partial charge in [-0.3, -0.25) is 9.69 Å². The van der Waals surface area contributed by atoms with E-state index in [1.54, 1.807) is 0 Å². The number of hydrogen-bond acceptors (Lipinski definition) is 5. The van der Waals surface area contributed by atoms with Gasteiger partial charge in [-0.1, -0.05) is 12.8 Å². The third kappa shape index (κ3) is 3.95. The second-order valence-corrected chi connectivity index (χ2v) is 7.06. The van der Waals surface area contributed by atoms with Gasteiger partial charge in [0.05, 0.1) is 6.54 Å². The van der Waals surface area contributed by atoms with E-state index in [4.69, 9.17) is 0 Å². The summed E-state index contributed by atoms with van der Waals surface area (Å²) >= 11 is 0. The zero-order valence-electron chi connectivity index (χ0n) is 14.7. The number of aliphatic hydroxyl groups is 1. The van der Waals surface area contributed by atoms with Crippen LogP contribution in [0.5, 0.6) is 0 Å². The van der Waals surface area contributed by atoms with E-state index >= 15 is 0 Å². The summed E-state index contributed by atoms with van der Waals surface area (Å²) in [6.07, 6.45) is 6.89. The highest BCUT2D eigenvalue weighted by atomic mass is 16.3. The van der Waals surface area contributed by atoms with Crippen molar-refractivity contribution in [3.05, 3.63) is 11.6 Å². The Morgan fingerprint density at radius 2 is 1.88 bits per heavy atom. The standard InChI is InChI=1S/C17H29N5O2/c1-20-15(13-23)18-19-17(20)14-7-6-8-21(11-14)12-16(24)22-9-4-2-3-5-10-22/h14,23H,2-13H2,1H3. The summed E-state index contributed by atoms with van der Waals surface area (Å²) in [5.41, 5.74) is 0. The molecule has 0 aromatic carbocycles. The number of nitrogens with zero attached hydrogens (tertiary/aromatic N) is 5. The first-order valence-corrected chi connectivity index (χ1v) is 9.18. The van der Waals surface area contributed by atoms with E-state index < -0.39 is 0 Å². The third-order valence-electron chi connectivity index (χ3n) is 5.33. The third-order valence-corrected chi connectivity index (χ3v) is 5.33. The maximum atomic E-state index is 12.6. The van der Waals surface area contributed by atoms with Crippen molar-refractivity contribution in [1.82, 2.24) is 24.6 Å². The molecule has 1 amide bonds. The fourth-order valence-corrected chi connectivity index (χ4v) is 3.89. The molecule has 1 unspecified atom stereocenters. The number of likely N-dealkylation sites (tertiary alicyclic amines) is 2. The number of carbonyl (C=O) groups is 1. The summed E-state index contributed by atoms with van der Waals surface area (Å²) in [6.45, 7) is 4.07. The number of hydrogen-bond donors (Lipinski definition) is 1. The number of rotatable bonds is 4. The summed E-state index contributed by atoms with van der Waals surface area (Å²) < 4.78 is 1.89. The van der Waals surface area contributed by atoms with Crippen LogP contribution in [0.2, 0.25) is 0 Å². The van der Waals surface area contributed by atoms with Crippen molar-refractivity contribution in [3.8, 4) is 0 Å². The molecular formula is C17H29N5O2. The van der Waals surface area contributed by atoms with Crippen LogP contribution < -0.4 is 0 Å². The van der Waals surface area contributed by atoms with Crippen LogP contribution in [0, 0.1) is 0 Å². The van der Waals surface area contributed by atoms with Gasteiger partial charge in [0, 0.05) is 32.6 Å². The molecule has 1 aromatic heterocycles. The normalized spacial score (nSPS) is 23.2. The van der Waals surface area contributed by atoms with Crippen molar-refractivity contribution in [3.63, 3.8) is 0 Å². The molecule has 0 spiro atoms. The molecule has 3 heterocycles. The lowest BCUT2D eigenvalue weighted by atomic mass is 9.97. The molecule has 0 bridgehead atoms. The van der Waals surface area contributed by atoms with Crippen LogP contribution in [0.15, 0.2) is 0 Å². The first-order chi connectivity index (χ1) is 11.7. The van der Waals surface area contributed by atoms with Crippen molar-refractivity contribution in [2.24, 2.45) is 7.05 Å².